The lowest BCUT2D eigenvalue weighted by Crippen LogP contribution is -2.50. The predicted octanol–water partition coefficient (Wildman–Crippen LogP) is 0.558. The number of nitrogens with one attached hydrogen (secondary N) is 1. The van der Waals surface area contributed by atoms with Gasteiger partial charge in [-0.3, -0.25) is 14.7 Å². The van der Waals surface area contributed by atoms with Crippen molar-refractivity contribution in [3.63, 3.8) is 0 Å². The van der Waals surface area contributed by atoms with E-state index in [1.807, 2.05) is 7.05 Å². The molecule has 0 radical (unpaired) electrons. The van der Waals surface area contributed by atoms with Crippen molar-refractivity contribution in [1.82, 2.24) is 15.1 Å². The average molecular weight is 340 g/mol. The van der Waals surface area contributed by atoms with Crippen molar-refractivity contribution in [3.05, 3.63) is 0 Å². The Morgan fingerprint density at radius 3 is 2.58 bits per heavy atom. The van der Waals surface area contributed by atoms with Crippen LogP contribution in [0.1, 0.15) is 25.7 Å². The molecule has 1 unspecified atom stereocenters. The average Bonchev–Trinajstić information content (AvgIpc) is 3.07. The third kappa shape index (κ3) is 5.08. The molecular formula is C17H32N4O3. The van der Waals surface area contributed by atoms with E-state index in [1.165, 1.54) is 20.0 Å². The summed E-state index contributed by atoms with van der Waals surface area (Å²) < 4.78 is 10.1. The number of likely N-dealkylation sites (tertiary alicyclic amines) is 2. The molecule has 0 aromatic carbocycles. The monoisotopic (exact) mass is 340 g/mol. The summed E-state index contributed by atoms with van der Waals surface area (Å²) in [4.78, 5) is 20.8. The van der Waals surface area contributed by atoms with Gasteiger partial charge in [0.05, 0.1) is 19.6 Å². The third-order valence-electron chi connectivity index (χ3n) is 5.12. The summed E-state index contributed by atoms with van der Waals surface area (Å²) in [5.41, 5.74) is 0. The Hall–Kier alpha value is -1.34. The van der Waals surface area contributed by atoms with E-state index < -0.39 is 0 Å². The first-order valence-electron chi connectivity index (χ1n) is 8.96. The Morgan fingerprint density at radius 1 is 1.21 bits per heavy atom. The van der Waals surface area contributed by atoms with Crippen LogP contribution in [0.25, 0.3) is 0 Å². The van der Waals surface area contributed by atoms with Crippen LogP contribution < -0.4 is 5.32 Å². The largest absolute Gasteiger partial charge is 0.469 e. The maximum Gasteiger partial charge on any atom is 0.308 e. The Bertz CT molecular complexity index is 422. The van der Waals surface area contributed by atoms with Crippen LogP contribution in [0.5, 0.6) is 0 Å². The second kappa shape index (κ2) is 9.84. The number of nitrogens with zero attached hydrogens (tertiary/aromatic N) is 3. The zero-order chi connectivity index (χ0) is 17.4. The van der Waals surface area contributed by atoms with Gasteiger partial charge in [0, 0.05) is 46.4 Å². The highest BCUT2D eigenvalue weighted by Gasteiger charge is 2.28. The van der Waals surface area contributed by atoms with Crippen LogP contribution in [0.4, 0.5) is 0 Å². The highest BCUT2D eigenvalue weighted by Crippen LogP contribution is 2.19. The molecule has 2 saturated heterocycles. The van der Waals surface area contributed by atoms with Gasteiger partial charge < -0.3 is 19.7 Å². The molecule has 0 aliphatic carbocycles. The molecule has 0 bridgehead atoms. The van der Waals surface area contributed by atoms with Crippen molar-refractivity contribution < 1.29 is 14.3 Å². The summed E-state index contributed by atoms with van der Waals surface area (Å²) in [7, 11) is 5.04. The second-order valence-corrected chi connectivity index (χ2v) is 6.54. The molecule has 1 atom stereocenters. The van der Waals surface area contributed by atoms with Crippen LogP contribution in [0.3, 0.4) is 0 Å². The van der Waals surface area contributed by atoms with Crippen molar-refractivity contribution in [3.8, 4) is 0 Å². The first kappa shape index (κ1) is 19.0. The highest BCUT2D eigenvalue weighted by molar-refractivity contribution is 5.80. The van der Waals surface area contributed by atoms with Crippen molar-refractivity contribution in [2.75, 3.05) is 60.6 Å². The molecule has 24 heavy (non-hydrogen) atoms. The molecule has 1 N–H and O–H groups in total. The Kier molecular flexibility index (Phi) is 7.78. The molecule has 0 aromatic heterocycles. The van der Waals surface area contributed by atoms with Gasteiger partial charge in [-0.25, -0.2) is 0 Å². The molecule has 2 heterocycles. The van der Waals surface area contributed by atoms with Crippen LogP contribution in [-0.4, -0.2) is 88.4 Å². The number of carbonyl (C=O) groups is 1. The molecule has 0 spiro atoms. The van der Waals surface area contributed by atoms with E-state index in [9.17, 15) is 4.79 Å². The van der Waals surface area contributed by atoms with E-state index in [-0.39, 0.29) is 11.9 Å². The van der Waals surface area contributed by atoms with Gasteiger partial charge >= 0.3 is 5.97 Å². The lowest BCUT2D eigenvalue weighted by molar-refractivity contribution is -0.146. The van der Waals surface area contributed by atoms with Crippen molar-refractivity contribution in [1.29, 1.82) is 0 Å². The van der Waals surface area contributed by atoms with Gasteiger partial charge in [-0.05, 0) is 32.2 Å². The first-order valence-corrected chi connectivity index (χ1v) is 8.96. The van der Waals surface area contributed by atoms with E-state index in [1.54, 1.807) is 7.11 Å². The predicted molar refractivity (Wildman–Crippen MR) is 94.1 cm³/mol. The van der Waals surface area contributed by atoms with E-state index in [4.69, 9.17) is 9.47 Å². The van der Waals surface area contributed by atoms with Crippen LogP contribution in [0.2, 0.25) is 0 Å². The molecule has 7 heteroatoms. The fourth-order valence-corrected chi connectivity index (χ4v) is 3.66. The van der Waals surface area contributed by atoms with E-state index in [2.05, 4.69) is 20.1 Å². The van der Waals surface area contributed by atoms with Crippen LogP contribution in [0, 0.1) is 5.92 Å². The third-order valence-corrected chi connectivity index (χ3v) is 5.12. The minimum absolute atomic E-state index is 0.0312. The van der Waals surface area contributed by atoms with Crippen LogP contribution in [0.15, 0.2) is 4.99 Å². The van der Waals surface area contributed by atoms with Crippen molar-refractivity contribution >= 4 is 11.9 Å². The van der Waals surface area contributed by atoms with Gasteiger partial charge in [0.1, 0.15) is 0 Å². The quantitative estimate of drug-likeness (QED) is 0.433. The summed E-state index contributed by atoms with van der Waals surface area (Å²) >= 11 is 0. The molecule has 2 aliphatic heterocycles. The fourth-order valence-electron chi connectivity index (χ4n) is 3.66. The number of esters is 1. The zero-order valence-corrected chi connectivity index (χ0v) is 15.3. The summed E-state index contributed by atoms with van der Waals surface area (Å²) in [6.07, 6.45) is 4.13. The number of hydrogen-bond donors (Lipinski definition) is 1. The van der Waals surface area contributed by atoms with Gasteiger partial charge in [0.15, 0.2) is 5.96 Å². The van der Waals surface area contributed by atoms with Gasteiger partial charge in [-0.15, -0.1) is 0 Å². The molecule has 2 fully saturated rings. The number of guanidine groups is 1. The van der Waals surface area contributed by atoms with Crippen LogP contribution >= 0.6 is 0 Å². The molecule has 0 aromatic rings. The molecule has 2 aliphatic rings. The number of aliphatic imine (C=N–C) groups is 1. The molecule has 7 nitrogen and oxygen atoms in total. The first-order chi connectivity index (χ1) is 11.7. The van der Waals surface area contributed by atoms with Crippen molar-refractivity contribution in [2.45, 2.75) is 31.7 Å². The van der Waals surface area contributed by atoms with Crippen LogP contribution in [-0.2, 0) is 14.3 Å². The normalized spacial score (nSPS) is 23.5. The second-order valence-electron chi connectivity index (χ2n) is 6.54. The standard InChI is InChI=1S/C17H32N4O3/c1-18-17(21-9-6-14(7-10-21)16(22)24-3)19-13-15-5-4-8-20(15)11-12-23-2/h14-15H,4-13H2,1-3H3,(H,18,19). The summed E-state index contributed by atoms with van der Waals surface area (Å²) in [5.74, 6) is 0.887. The number of hydrogen-bond acceptors (Lipinski definition) is 5. The number of piperidine rings is 1. The Labute approximate surface area is 145 Å². The molecule has 2 rings (SSSR count). The Balaban J connectivity index is 1.78. The number of carbonyl (C=O) groups excluding carboxylic acids is 1. The lowest BCUT2D eigenvalue weighted by Gasteiger charge is -2.34. The topological polar surface area (TPSA) is 66.4 Å². The van der Waals surface area contributed by atoms with Gasteiger partial charge in [0.2, 0.25) is 0 Å². The van der Waals surface area contributed by atoms with E-state index in [0.29, 0.717) is 6.04 Å². The maximum atomic E-state index is 11.6. The fraction of sp³-hybridized carbons (Fsp3) is 0.882. The van der Waals surface area contributed by atoms with Gasteiger partial charge in [-0.1, -0.05) is 0 Å². The minimum Gasteiger partial charge on any atom is -0.469 e. The molecule has 0 saturated carbocycles. The van der Waals surface area contributed by atoms with Crippen molar-refractivity contribution in [2.24, 2.45) is 10.9 Å². The van der Waals surface area contributed by atoms with E-state index >= 15 is 0 Å². The molecule has 0 amide bonds. The summed E-state index contributed by atoms with van der Waals surface area (Å²) in [6.45, 7) is 5.53. The Morgan fingerprint density at radius 2 is 1.96 bits per heavy atom. The minimum atomic E-state index is -0.0858. The maximum absolute atomic E-state index is 11.6. The zero-order valence-electron chi connectivity index (χ0n) is 15.3. The highest BCUT2D eigenvalue weighted by atomic mass is 16.5. The summed E-state index contributed by atoms with van der Waals surface area (Å²) in [5, 5.41) is 3.52. The van der Waals surface area contributed by atoms with Gasteiger partial charge in [-0.2, -0.15) is 0 Å². The van der Waals surface area contributed by atoms with E-state index in [0.717, 1.165) is 58.1 Å². The molecular weight excluding hydrogens is 308 g/mol. The summed E-state index contributed by atoms with van der Waals surface area (Å²) in [6, 6.07) is 0.546. The number of methoxy groups -OCH3 is 2. The number of ether oxygens (including phenoxy) is 2. The van der Waals surface area contributed by atoms with Gasteiger partial charge in [0.25, 0.3) is 0 Å². The SMILES string of the molecule is CN=C(NCC1CCCN1CCOC)N1CCC(C(=O)OC)CC1. The lowest BCUT2D eigenvalue weighted by atomic mass is 9.97. The number of rotatable bonds is 6. The smallest absolute Gasteiger partial charge is 0.308 e. The molecule has 138 valence electrons.